The molecule has 4 nitrogen and oxygen atoms in total. The summed E-state index contributed by atoms with van der Waals surface area (Å²) < 4.78 is 5.25. The summed E-state index contributed by atoms with van der Waals surface area (Å²) in [7, 11) is 1.59. The Bertz CT molecular complexity index is 421. The topological polar surface area (TPSA) is 49.8 Å². The first kappa shape index (κ1) is 14.8. The number of nitrogens with zero attached hydrogens (tertiary/aromatic N) is 1. The molecule has 18 heavy (non-hydrogen) atoms. The molecule has 1 aromatic rings. The number of carbonyl (C=O) groups is 1. The highest BCUT2D eigenvalue weighted by molar-refractivity contribution is 6.30. The van der Waals surface area contributed by atoms with E-state index in [1.54, 1.807) is 25.3 Å². The van der Waals surface area contributed by atoms with Gasteiger partial charge in [0, 0.05) is 23.2 Å². The molecule has 0 aliphatic heterocycles. The van der Waals surface area contributed by atoms with Gasteiger partial charge in [-0.25, -0.2) is 0 Å². The van der Waals surface area contributed by atoms with Crippen LogP contribution in [0.25, 0.3) is 0 Å². The minimum absolute atomic E-state index is 0.00661. The number of hydrogen-bond acceptors (Lipinski definition) is 3. The molecular weight excluding hydrogens is 254 g/mol. The quantitative estimate of drug-likeness (QED) is 0.864. The van der Waals surface area contributed by atoms with Gasteiger partial charge in [0.15, 0.2) is 0 Å². The standard InChI is InChI=1S/C13H18ClNO3/c1-9(2)15(8-13(16)17)7-10-6-11(14)4-5-12(10)18-3/h4-6,9H,7-8H2,1-3H3,(H,16,17). The number of halogens is 1. The lowest BCUT2D eigenvalue weighted by atomic mass is 10.1. The maximum atomic E-state index is 10.8. The van der Waals surface area contributed by atoms with Gasteiger partial charge in [0.1, 0.15) is 5.75 Å². The summed E-state index contributed by atoms with van der Waals surface area (Å²) >= 11 is 5.95. The smallest absolute Gasteiger partial charge is 0.317 e. The van der Waals surface area contributed by atoms with E-state index >= 15 is 0 Å². The average molecular weight is 272 g/mol. The molecule has 0 aliphatic carbocycles. The van der Waals surface area contributed by atoms with Crippen LogP contribution < -0.4 is 4.74 Å². The molecule has 0 heterocycles. The molecule has 0 spiro atoms. The second-order valence-electron chi connectivity index (χ2n) is 4.35. The number of aliphatic carboxylic acids is 1. The van der Waals surface area contributed by atoms with Crippen molar-refractivity contribution < 1.29 is 14.6 Å². The van der Waals surface area contributed by atoms with Crippen LogP contribution >= 0.6 is 11.6 Å². The van der Waals surface area contributed by atoms with E-state index in [0.29, 0.717) is 11.6 Å². The van der Waals surface area contributed by atoms with Crippen LogP contribution in [0.1, 0.15) is 19.4 Å². The second kappa shape index (κ2) is 6.61. The highest BCUT2D eigenvalue weighted by atomic mass is 35.5. The van der Waals surface area contributed by atoms with E-state index in [1.807, 2.05) is 18.7 Å². The van der Waals surface area contributed by atoms with Crippen LogP contribution in [0, 0.1) is 0 Å². The molecule has 1 aromatic carbocycles. The van der Waals surface area contributed by atoms with Gasteiger partial charge in [-0.05, 0) is 32.0 Å². The van der Waals surface area contributed by atoms with Gasteiger partial charge in [-0.1, -0.05) is 11.6 Å². The maximum absolute atomic E-state index is 10.8. The van der Waals surface area contributed by atoms with Gasteiger partial charge in [0.25, 0.3) is 0 Å². The number of carboxylic acid groups (broad SMARTS) is 1. The third-order valence-corrected chi connectivity index (χ3v) is 2.92. The Kier molecular flexibility index (Phi) is 5.44. The predicted octanol–water partition coefficient (Wildman–Crippen LogP) is 2.64. The summed E-state index contributed by atoms with van der Waals surface area (Å²) in [4.78, 5) is 12.7. The Morgan fingerprint density at radius 1 is 1.50 bits per heavy atom. The van der Waals surface area contributed by atoms with Crippen molar-refractivity contribution in [3.05, 3.63) is 28.8 Å². The van der Waals surface area contributed by atoms with Crippen LogP contribution in [0.15, 0.2) is 18.2 Å². The third-order valence-electron chi connectivity index (χ3n) is 2.68. The van der Waals surface area contributed by atoms with E-state index in [1.165, 1.54) is 0 Å². The van der Waals surface area contributed by atoms with Crippen molar-refractivity contribution in [1.29, 1.82) is 0 Å². The predicted molar refractivity (Wildman–Crippen MR) is 71.2 cm³/mol. The average Bonchev–Trinajstić information content (AvgIpc) is 2.27. The largest absolute Gasteiger partial charge is 0.496 e. The van der Waals surface area contributed by atoms with Crippen molar-refractivity contribution in [2.45, 2.75) is 26.4 Å². The molecule has 0 aromatic heterocycles. The highest BCUT2D eigenvalue weighted by Crippen LogP contribution is 2.24. The minimum atomic E-state index is -0.843. The van der Waals surface area contributed by atoms with Crippen LogP contribution in [0.4, 0.5) is 0 Å². The van der Waals surface area contributed by atoms with Gasteiger partial charge >= 0.3 is 5.97 Å². The Balaban J connectivity index is 2.92. The van der Waals surface area contributed by atoms with Crippen molar-refractivity contribution >= 4 is 17.6 Å². The Hall–Kier alpha value is -1.26. The van der Waals surface area contributed by atoms with Crippen molar-refractivity contribution in [2.75, 3.05) is 13.7 Å². The van der Waals surface area contributed by atoms with E-state index in [4.69, 9.17) is 21.4 Å². The summed E-state index contributed by atoms with van der Waals surface area (Å²) in [6.07, 6.45) is 0. The fraction of sp³-hybridized carbons (Fsp3) is 0.462. The van der Waals surface area contributed by atoms with Gasteiger partial charge in [0.2, 0.25) is 0 Å². The zero-order valence-corrected chi connectivity index (χ0v) is 11.6. The number of benzene rings is 1. The summed E-state index contributed by atoms with van der Waals surface area (Å²) in [5.74, 6) is -0.125. The highest BCUT2D eigenvalue weighted by Gasteiger charge is 2.16. The number of carboxylic acids is 1. The van der Waals surface area contributed by atoms with Gasteiger partial charge in [-0.2, -0.15) is 0 Å². The number of methoxy groups -OCH3 is 1. The molecule has 0 bridgehead atoms. The van der Waals surface area contributed by atoms with E-state index in [2.05, 4.69) is 0 Å². The van der Waals surface area contributed by atoms with Crippen LogP contribution in [0.2, 0.25) is 5.02 Å². The van der Waals surface area contributed by atoms with Crippen molar-refractivity contribution in [3.63, 3.8) is 0 Å². The Labute approximate surface area is 112 Å². The van der Waals surface area contributed by atoms with Crippen molar-refractivity contribution in [3.8, 4) is 5.75 Å². The van der Waals surface area contributed by atoms with Crippen LogP contribution in [-0.2, 0) is 11.3 Å². The normalized spacial score (nSPS) is 11.0. The Morgan fingerprint density at radius 3 is 2.67 bits per heavy atom. The molecule has 5 heteroatoms. The molecule has 0 fully saturated rings. The number of rotatable bonds is 6. The monoisotopic (exact) mass is 271 g/mol. The lowest BCUT2D eigenvalue weighted by Crippen LogP contribution is -2.35. The SMILES string of the molecule is COc1ccc(Cl)cc1CN(CC(=O)O)C(C)C. The Morgan fingerprint density at radius 2 is 2.17 bits per heavy atom. The minimum Gasteiger partial charge on any atom is -0.496 e. The molecule has 0 aliphatic rings. The lowest BCUT2D eigenvalue weighted by Gasteiger charge is -2.25. The summed E-state index contributed by atoms with van der Waals surface area (Å²) in [5, 5.41) is 9.51. The zero-order valence-electron chi connectivity index (χ0n) is 10.8. The van der Waals surface area contributed by atoms with Crippen molar-refractivity contribution in [1.82, 2.24) is 4.90 Å². The van der Waals surface area contributed by atoms with Crippen LogP contribution in [0.5, 0.6) is 5.75 Å². The lowest BCUT2D eigenvalue weighted by molar-refractivity contribution is -0.138. The summed E-state index contributed by atoms with van der Waals surface area (Å²) in [6, 6.07) is 5.47. The maximum Gasteiger partial charge on any atom is 0.317 e. The molecule has 1 rings (SSSR count). The van der Waals surface area contributed by atoms with E-state index in [9.17, 15) is 4.79 Å². The molecule has 0 amide bonds. The van der Waals surface area contributed by atoms with E-state index < -0.39 is 5.97 Å². The van der Waals surface area contributed by atoms with Gasteiger partial charge < -0.3 is 9.84 Å². The first-order valence-corrected chi connectivity index (χ1v) is 6.10. The molecule has 0 saturated heterocycles. The fourth-order valence-corrected chi connectivity index (χ4v) is 1.88. The first-order chi connectivity index (χ1) is 8.43. The number of ether oxygens (including phenoxy) is 1. The molecule has 0 saturated carbocycles. The van der Waals surface area contributed by atoms with E-state index in [-0.39, 0.29) is 12.6 Å². The fourth-order valence-electron chi connectivity index (χ4n) is 1.68. The molecule has 100 valence electrons. The van der Waals surface area contributed by atoms with Gasteiger partial charge in [0.05, 0.1) is 13.7 Å². The van der Waals surface area contributed by atoms with Crippen LogP contribution in [-0.4, -0.2) is 35.7 Å². The summed E-state index contributed by atoms with van der Waals surface area (Å²) in [6.45, 7) is 4.40. The van der Waals surface area contributed by atoms with Gasteiger partial charge in [-0.15, -0.1) is 0 Å². The van der Waals surface area contributed by atoms with E-state index in [0.717, 1.165) is 11.3 Å². The summed E-state index contributed by atoms with van der Waals surface area (Å²) in [5.41, 5.74) is 0.889. The molecule has 0 atom stereocenters. The van der Waals surface area contributed by atoms with Crippen molar-refractivity contribution in [2.24, 2.45) is 0 Å². The molecule has 0 unspecified atom stereocenters. The number of hydrogen-bond donors (Lipinski definition) is 1. The first-order valence-electron chi connectivity index (χ1n) is 5.72. The molecular formula is C13H18ClNO3. The zero-order chi connectivity index (χ0) is 13.7. The molecule has 1 N–H and O–H groups in total. The third kappa shape index (κ3) is 4.20. The van der Waals surface area contributed by atoms with Gasteiger partial charge in [-0.3, -0.25) is 9.69 Å². The van der Waals surface area contributed by atoms with Crippen LogP contribution in [0.3, 0.4) is 0 Å². The second-order valence-corrected chi connectivity index (χ2v) is 4.79. The molecule has 0 radical (unpaired) electrons.